The van der Waals surface area contributed by atoms with Gasteiger partial charge >= 0.3 is 11.7 Å². The molecule has 0 saturated carbocycles. The summed E-state index contributed by atoms with van der Waals surface area (Å²) >= 11 is 0. The van der Waals surface area contributed by atoms with E-state index in [1.807, 2.05) is 0 Å². The minimum Gasteiger partial charge on any atom is -0.480 e. The van der Waals surface area contributed by atoms with Gasteiger partial charge in [-0.15, -0.1) is 0 Å². The number of nitro groups is 1. The Morgan fingerprint density at radius 3 is 2.90 bits per heavy atom. The molecule has 2 N–H and O–H groups in total. The third-order valence-corrected chi connectivity index (χ3v) is 2.38. The Labute approximate surface area is 111 Å². The van der Waals surface area contributed by atoms with Crippen molar-refractivity contribution in [1.82, 2.24) is 10.3 Å². The third-order valence-electron chi connectivity index (χ3n) is 2.38. The molecule has 10 heteroatoms. The molecule has 106 valence electrons. The Balaban J connectivity index is 2.04. The lowest BCUT2D eigenvalue weighted by atomic mass is 10.2. The van der Waals surface area contributed by atoms with E-state index in [0.29, 0.717) is 12.2 Å². The molecule has 20 heavy (non-hydrogen) atoms. The molecule has 1 heterocycles. The Morgan fingerprint density at radius 2 is 2.20 bits per heavy atom. The van der Waals surface area contributed by atoms with Crippen LogP contribution in [0.2, 0.25) is 0 Å². The number of aromatic nitrogens is 2. The highest BCUT2D eigenvalue weighted by Gasteiger charge is 2.19. The fourth-order valence-electron chi connectivity index (χ4n) is 1.56. The number of non-ortho nitro benzene ring substituents is 1. The minimum atomic E-state index is -1.05. The average Bonchev–Trinajstić information content (AvgIpc) is 2.86. The van der Waals surface area contributed by atoms with E-state index in [1.165, 1.54) is 12.1 Å². The number of carboxylic acids is 1. The van der Waals surface area contributed by atoms with E-state index in [1.54, 1.807) is 0 Å². The molecule has 0 atom stereocenters. The molecule has 0 unspecified atom stereocenters. The first kappa shape index (κ1) is 13.7. The Hall–Kier alpha value is -2.75. The van der Waals surface area contributed by atoms with Gasteiger partial charge in [-0.2, -0.15) is 0 Å². The van der Waals surface area contributed by atoms with Gasteiger partial charge in [0.05, 0.1) is 17.2 Å². The van der Waals surface area contributed by atoms with E-state index < -0.39 is 10.9 Å². The first-order chi connectivity index (χ1) is 9.59. The summed E-state index contributed by atoms with van der Waals surface area (Å²) in [4.78, 5) is 20.4. The van der Waals surface area contributed by atoms with Crippen molar-refractivity contribution >= 4 is 28.4 Å². The summed E-state index contributed by atoms with van der Waals surface area (Å²) in [6.07, 6.45) is 0. The van der Waals surface area contributed by atoms with Gasteiger partial charge in [0.1, 0.15) is 6.61 Å². The number of hydrogen-bond donors (Lipinski definition) is 2. The number of anilines is 1. The quantitative estimate of drug-likeness (QED) is 0.425. The van der Waals surface area contributed by atoms with Crippen molar-refractivity contribution in [2.24, 2.45) is 0 Å². The molecule has 0 amide bonds. The van der Waals surface area contributed by atoms with Crippen molar-refractivity contribution in [3.05, 3.63) is 22.2 Å². The van der Waals surface area contributed by atoms with Crippen LogP contribution in [0.15, 0.2) is 16.8 Å². The summed E-state index contributed by atoms with van der Waals surface area (Å²) in [7, 11) is 0. The van der Waals surface area contributed by atoms with Gasteiger partial charge in [-0.05, 0) is 16.4 Å². The summed E-state index contributed by atoms with van der Waals surface area (Å²) in [5, 5.41) is 29.2. The van der Waals surface area contributed by atoms with Crippen LogP contribution >= 0.6 is 0 Å². The first-order valence-electron chi connectivity index (χ1n) is 5.52. The lowest BCUT2D eigenvalue weighted by Gasteiger charge is -2.06. The zero-order valence-corrected chi connectivity index (χ0v) is 10.1. The van der Waals surface area contributed by atoms with Crippen LogP contribution in [0, 0.1) is 10.1 Å². The number of carbonyl (C=O) groups is 1. The number of fused-ring (bicyclic) bond motifs is 1. The second-order valence-corrected chi connectivity index (χ2v) is 3.72. The van der Waals surface area contributed by atoms with Gasteiger partial charge in [0.2, 0.25) is 5.52 Å². The Kier molecular flexibility index (Phi) is 4.05. The number of nitrogens with zero attached hydrogens (tertiary/aromatic N) is 3. The van der Waals surface area contributed by atoms with E-state index in [0.717, 1.165) is 0 Å². The molecule has 0 aliphatic heterocycles. The summed E-state index contributed by atoms with van der Waals surface area (Å²) < 4.78 is 9.34. The lowest BCUT2D eigenvalue weighted by Crippen LogP contribution is -2.14. The van der Waals surface area contributed by atoms with Gasteiger partial charge in [-0.3, -0.25) is 10.1 Å². The topological polar surface area (TPSA) is 141 Å². The van der Waals surface area contributed by atoms with Crippen LogP contribution in [-0.4, -0.2) is 46.1 Å². The molecule has 2 rings (SSSR count). The van der Waals surface area contributed by atoms with Crippen LogP contribution in [0.25, 0.3) is 11.0 Å². The van der Waals surface area contributed by atoms with E-state index >= 15 is 0 Å². The number of carboxylic acid groups (broad SMARTS) is 1. The van der Waals surface area contributed by atoms with Crippen LogP contribution in [0.3, 0.4) is 0 Å². The first-order valence-corrected chi connectivity index (χ1v) is 5.52. The number of benzene rings is 1. The zero-order chi connectivity index (χ0) is 14.5. The number of ether oxygens (including phenoxy) is 1. The maximum atomic E-state index is 10.8. The highest BCUT2D eigenvalue weighted by Crippen LogP contribution is 2.28. The maximum absolute atomic E-state index is 10.8. The third kappa shape index (κ3) is 2.98. The van der Waals surface area contributed by atoms with Gasteiger partial charge in [0, 0.05) is 12.6 Å². The SMILES string of the molecule is O=C(O)COCCNc1ccc([N+](=O)[O-])c2nonc12. The molecule has 1 aromatic heterocycles. The van der Waals surface area contributed by atoms with Gasteiger partial charge in [0.15, 0.2) is 5.52 Å². The molecule has 0 aliphatic carbocycles. The monoisotopic (exact) mass is 282 g/mol. The van der Waals surface area contributed by atoms with Crippen molar-refractivity contribution in [2.45, 2.75) is 0 Å². The maximum Gasteiger partial charge on any atom is 0.329 e. The average molecular weight is 282 g/mol. The Bertz CT molecular complexity index is 640. The number of nitro benzene ring substituents is 1. The molecule has 0 spiro atoms. The van der Waals surface area contributed by atoms with Crippen molar-refractivity contribution in [3.63, 3.8) is 0 Å². The molecule has 0 bridgehead atoms. The van der Waals surface area contributed by atoms with E-state index in [9.17, 15) is 14.9 Å². The molecule has 0 radical (unpaired) electrons. The highest BCUT2D eigenvalue weighted by atomic mass is 16.6. The normalized spacial score (nSPS) is 10.6. The smallest absolute Gasteiger partial charge is 0.329 e. The molecule has 10 nitrogen and oxygen atoms in total. The largest absolute Gasteiger partial charge is 0.480 e. The van der Waals surface area contributed by atoms with Crippen LogP contribution < -0.4 is 5.32 Å². The van der Waals surface area contributed by atoms with Crippen LogP contribution in [-0.2, 0) is 9.53 Å². The Morgan fingerprint density at radius 1 is 1.45 bits per heavy atom. The fourth-order valence-corrected chi connectivity index (χ4v) is 1.56. The number of rotatable bonds is 7. The van der Waals surface area contributed by atoms with Crippen molar-refractivity contribution in [3.8, 4) is 0 Å². The summed E-state index contributed by atoms with van der Waals surface area (Å²) in [5.41, 5.74) is 0.573. The lowest BCUT2D eigenvalue weighted by molar-refractivity contribution is -0.383. The van der Waals surface area contributed by atoms with Crippen LogP contribution in [0.5, 0.6) is 0 Å². The molecule has 0 aliphatic rings. The van der Waals surface area contributed by atoms with E-state index in [4.69, 9.17) is 9.84 Å². The van der Waals surface area contributed by atoms with Gasteiger partial charge < -0.3 is 15.2 Å². The summed E-state index contributed by atoms with van der Waals surface area (Å²) in [5.74, 6) is -1.05. The second kappa shape index (κ2) is 5.93. The van der Waals surface area contributed by atoms with Crippen molar-refractivity contribution < 1.29 is 24.2 Å². The predicted molar refractivity (Wildman–Crippen MR) is 65.4 cm³/mol. The number of hydrogen-bond acceptors (Lipinski definition) is 8. The minimum absolute atomic E-state index is 0.0476. The van der Waals surface area contributed by atoms with Gasteiger partial charge in [-0.1, -0.05) is 0 Å². The summed E-state index contributed by atoms with van der Waals surface area (Å²) in [6.45, 7) is 0.0893. The van der Waals surface area contributed by atoms with Gasteiger partial charge in [-0.25, -0.2) is 9.42 Å². The molecular weight excluding hydrogens is 272 g/mol. The molecule has 2 aromatic rings. The molecular formula is C10H10N4O6. The number of aliphatic carboxylic acids is 1. The molecule has 1 aromatic carbocycles. The standard InChI is InChI=1S/C10H10N4O6/c15-8(16)5-19-4-3-11-6-1-2-7(14(17)18)10-9(6)12-20-13-10/h1-2,11H,3-5H2,(H,15,16). The zero-order valence-electron chi connectivity index (χ0n) is 10.1. The van der Waals surface area contributed by atoms with Crippen LogP contribution in [0.4, 0.5) is 11.4 Å². The van der Waals surface area contributed by atoms with Gasteiger partial charge in [0.25, 0.3) is 0 Å². The fraction of sp³-hybridized carbons (Fsp3) is 0.300. The van der Waals surface area contributed by atoms with Crippen molar-refractivity contribution in [2.75, 3.05) is 25.1 Å². The second-order valence-electron chi connectivity index (χ2n) is 3.72. The molecule has 0 saturated heterocycles. The van der Waals surface area contributed by atoms with E-state index in [-0.39, 0.29) is 29.9 Å². The predicted octanol–water partition coefficient (Wildman–Crippen LogP) is 0.644. The number of nitrogens with one attached hydrogen (secondary N) is 1. The summed E-state index contributed by atoms with van der Waals surface area (Å²) in [6, 6.07) is 2.76. The molecule has 0 fully saturated rings. The van der Waals surface area contributed by atoms with Crippen molar-refractivity contribution in [1.29, 1.82) is 0 Å². The highest BCUT2D eigenvalue weighted by molar-refractivity contribution is 5.93. The van der Waals surface area contributed by atoms with E-state index in [2.05, 4.69) is 20.3 Å². The van der Waals surface area contributed by atoms with Crippen LogP contribution in [0.1, 0.15) is 0 Å².